The maximum atomic E-state index is 12.3. The van der Waals surface area contributed by atoms with Crippen LogP contribution < -0.4 is 5.32 Å². The molecule has 0 spiro atoms. The van der Waals surface area contributed by atoms with E-state index in [9.17, 15) is 4.79 Å². The third-order valence-corrected chi connectivity index (χ3v) is 3.10. The highest BCUT2D eigenvalue weighted by Gasteiger charge is 2.09. The summed E-state index contributed by atoms with van der Waals surface area (Å²) in [7, 11) is 0. The standard InChI is InChI=1S/C18H19NO2/c1-14(13-20)19-17-10-6-5-9-16(17)18(21)12-11-15-7-3-2-4-8-15/h2-12,14,19-20H,13H2,1H3/b12-11+. The summed E-state index contributed by atoms with van der Waals surface area (Å²) in [5.41, 5.74) is 2.33. The molecule has 2 rings (SSSR count). The number of benzene rings is 2. The Hall–Kier alpha value is -2.39. The largest absolute Gasteiger partial charge is 0.394 e. The van der Waals surface area contributed by atoms with Crippen molar-refractivity contribution < 1.29 is 9.90 Å². The Bertz CT molecular complexity index is 620. The van der Waals surface area contributed by atoms with Crippen molar-refractivity contribution in [1.82, 2.24) is 0 Å². The van der Waals surface area contributed by atoms with Crippen molar-refractivity contribution in [2.24, 2.45) is 0 Å². The van der Waals surface area contributed by atoms with E-state index in [2.05, 4.69) is 5.32 Å². The molecule has 0 aliphatic carbocycles. The van der Waals surface area contributed by atoms with Crippen LogP contribution in [0, 0.1) is 0 Å². The molecule has 0 heterocycles. The first-order chi connectivity index (χ1) is 10.2. The predicted molar refractivity (Wildman–Crippen MR) is 86.4 cm³/mol. The van der Waals surface area contributed by atoms with Crippen molar-refractivity contribution in [3.05, 3.63) is 71.8 Å². The van der Waals surface area contributed by atoms with Gasteiger partial charge in [0.1, 0.15) is 0 Å². The summed E-state index contributed by atoms with van der Waals surface area (Å²) in [6.45, 7) is 1.88. The number of allylic oxidation sites excluding steroid dienone is 1. The lowest BCUT2D eigenvalue weighted by Crippen LogP contribution is -2.20. The molecular weight excluding hydrogens is 262 g/mol. The predicted octanol–water partition coefficient (Wildman–Crippen LogP) is 3.38. The summed E-state index contributed by atoms with van der Waals surface area (Å²) >= 11 is 0. The van der Waals surface area contributed by atoms with Crippen LogP contribution in [0.1, 0.15) is 22.8 Å². The zero-order valence-corrected chi connectivity index (χ0v) is 12.0. The van der Waals surface area contributed by atoms with Gasteiger partial charge in [-0.3, -0.25) is 4.79 Å². The molecule has 0 fully saturated rings. The Morgan fingerprint density at radius 1 is 1.14 bits per heavy atom. The van der Waals surface area contributed by atoms with Gasteiger partial charge in [-0.05, 0) is 30.7 Å². The Labute approximate surface area is 124 Å². The number of ketones is 1. The second-order valence-electron chi connectivity index (χ2n) is 4.88. The van der Waals surface area contributed by atoms with Gasteiger partial charge >= 0.3 is 0 Å². The Morgan fingerprint density at radius 2 is 1.81 bits per heavy atom. The quantitative estimate of drug-likeness (QED) is 0.630. The average Bonchev–Trinajstić information content (AvgIpc) is 2.54. The molecule has 2 aromatic rings. The summed E-state index contributed by atoms with van der Waals surface area (Å²) in [5.74, 6) is -0.0629. The van der Waals surface area contributed by atoms with E-state index in [1.807, 2.05) is 55.5 Å². The van der Waals surface area contributed by atoms with Crippen LogP contribution in [-0.4, -0.2) is 23.5 Å². The highest BCUT2D eigenvalue weighted by atomic mass is 16.3. The van der Waals surface area contributed by atoms with Crippen molar-refractivity contribution in [3.63, 3.8) is 0 Å². The third kappa shape index (κ3) is 4.29. The van der Waals surface area contributed by atoms with E-state index in [1.165, 1.54) is 0 Å². The van der Waals surface area contributed by atoms with E-state index in [1.54, 1.807) is 18.2 Å². The van der Waals surface area contributed by atoms with Crippen LogP contribution >= 0.6 is 0 Å². The van der Waals surface area contributed by atoms with Crippen LogP contribution in [0.4, 0.5) is 5.69 Å². The molecule has 0 saturated heterocycles. The van der Waals surface area contributed by atoms with E-state index in [4.69, 9.17) is 5.11 Å². The summed E-state index contributed by atoms with van der Waals surface area (Å²) in [4.78, 5) is 12.3. The number of hydrogen-bond donors (Lipinski definition) is 2. The minimum atomic E-state index is -0.1000. The van der Waals surface area contributed by atoms with Gasteiger partial charge in [0.2, 0.25) is 0 Å². The Balaban J connectivity index is 2.17. The number of anilines is 1. The van der Waals surface area contributed by atoms with Gasteiger partial charge in [0.05, 0.1) is 6.61 Å². The molecule has 0 amide bonds. The van der Waals surface area contributed by atoms with Crippen molar-refractivity contribution in [1.29, 1.82) is 0 Å². The summed E-state index contributed by atoms with van der Waals surface area (Å²) in [6, 6.07) is 16.9. The van der Waals surface area contributed by atoms with Crippen LogP contribution in [0.25, 0.3) is 6.08 Å². The number of rotatable bonds is 6. The van der Waals surface area contributed by atoms with Crippen molar-refractivity contribution >= 4 is 17.5 Å². The van der Waals surface area contributed by atoms with Crippen LogP contribution in [0.2, 0.25) is 0 Å². The number of hydrogen-bond acceptors (Lipinski definition) is 3. The molecule has 0 saturated carbocycles. The first-order valence-electron chi connectivity index (χ1n) is 6.94. The fourth-order valence-electron chi connectivity index (χ4n) is 1.96. The number of nitrogens with one attached hydrogen (secondary N) is 1. The first-order valence-corrected chi connectivity index (χ1v) is 6.94. The highest BCUT2D eigenvalue weighted by molar-refractivity contribution is 6.10. The molecule has 1 atom stereocenters. The van der Waals surface area contributed by atoms with Gasteiger partial charge in [0.15, 0.2) is 5.78 Å². The number of para-hydroxylation sites is 1. The van der Waals surface area contributed by atoms with Gasteiger partial charge in [-0.1, -0.05) is 48.5 Å². The molecule has 2 N–H and O–H groups in total. The van der Waals surface area contributed by atoms with Crippen LogP contribution in [0.3, 0.4) is 0 Å². The van der Waals surface area contributed by atoms with Crippen LogP contribution in [0.5, 0.6) is 0 Å². The minimum absolute atomic E-state index is 0.0162. The molecule has 0 radical (unpaired) electrons. The van der Waals surface area contributed by atoms with Crippen molar-refractivity contribution in [3.8, 4) is 0 Å². The van der Waals surface area contributed by atoms with Crippen LogP contribution in [-0.2, 0) is 0 Å². The molecular formula is C18H19NO2. The molecule has 0 aliphatic rings. The maximum Gasteiger partial charge on any atom is 0.187 e. The second kappa shape index (κ2) is 7.41. The molecule has 0 aromatic heterocycles. The first kappa shape index (κ1) is 15.0. The number of carbonyl (C=O) groups excluding carboxylic acids is 1. The molecule has 3 heteroatoms. The zero-order chi connectivity index (χ0) is 15.1. The van der Waals surface area contributed by atoms with Gasteiger partial charge in [-0.15, -0.1) is 0 Å². The van der Waals surface area contributed by atoms with E-state index in [0.29, 0.717) is 5.56 Å². The lowest BCUT2D eigenvalue weighted by Gasteiger charge is -2.14. The smallest absolute Gasteiger partial charge is 0.187 e. The highest BCUT2D eigenvalue weighted by Crippen LogP contribution is 2.17. The summed E-state index contributed by atoms with van der Waals surface area (Å²) < 4.78 is 0. The molecule has 2 aromatic carbocycles. The van der Waals surface area contributed by atoms with Crippen molar-refractivity contribution in [2.45, 2.75) is 13.0 Å². The molecule has 1 unspecified atom stereocenters. The lowest BCUT2D eigenvalue weighted by molar-refractivity contribution is 0.104. The summed E-state index contributed by atoms with van der Waals surface area (Å²) in [5, 5.41) is 12.3. The van der Waals surface area contributed by atoms with Gasteiger partial charge in [0.25, 0.3) is 0 Å². The average molecular weight is 281 g/mol. The van der Waals surface area contributed by atoms with E-state index in [-0.39, 0.29) is 18.4 Å². The fraction of sp³-hybridized carbons (Fsp3) is 0.167. The van der Waals surface area contributed by atoms with Gasteiger partial charge in [0, 0.05) is 17.3 Å². The van der Waals surface area contributed by atoms with E-state index in [0.717, 1.165) is 11.3 Å². The molecule has 3 nitrogen and oxygen atoms in total. The Morgan fingerprint density at radius 3 is 2.52 bits per heavy atom. The SMILES string of the molecule is CC(CO)Nc1ccccc1C(=O)/C=C/c1ccccc1. The van der Waals surface area contributed by atoms with Gasteiger partial charge in [-0.2, -0.15) is 0 Å². The number of carbonyl (C=O) groups is 1. The number of aliphatic hydroxyl groups excluding tert-OH is 1. The number of aliphatic hydroxyl groups is 1. The topological polar surface area (TPSA) is 49.3 Å². The molecule has 0 aliphatic heterocycles. The maximum absolute atomic E-state index is 12.3. The monoisotopic (exact) mass is 281 g/mol. The molecule has 0 bridgehead atoms. The van der Waals surface area contributed by atoms with Gasteiger partial charge < -0.3 is 10.4 Å². The Kier molecular flexibility index (Phi) is 5.29. The fourth-order valence-corrected chi connectivity index (χ4v) is 1.96. The third-order valence-electron chi connectivity index (χ3n) is 3.10. The molecule has 21 heavy (non-hydrogen) atoms. The van der Waals surface area contributed by atoms with E-state index < -0.39 is 0 Å². The van der Waals surface area contributed by atoms with Crippen molar-refractivity contribution in [2.75, 3.05) is 11.9 Å². The lowest BCUT2D eigenvalue weighted by atomic mass is 10.1. The zero-order valence-electron chi connectivity index (χ0n) is 12.0. The van der Waals surface area contributed by atoms with Gasteiger partial charge in [-0.25, -0.2) is 0 Å². The summed E-state index contributed by atoms with van der Waals surface area (Å²) in [6.07, 6.45) is 3.37. The second-order valence-corrected chi connectivity index (χ2v) is 4.88. The van der Waals surface area contributed by atoms with E-state index >= 15 is 0 Å². The normalized spacial score (nSPS) is 12.3. The minimum Gasteiger partial charge on any atom is -0.394 e. The van der Waals surface area contributed by atoms with Crippen LogP contribution in [0.15, 0.2) is 60.7 Å². The molecule has 108 valence electrons.